The van der Waals surface area contributed by atoms with Crippen LogP contribution in [0.2, 0.25) is 0 Å². The van der Waals surface area contributed by atoms with Crippen LogP contribution < -0.4 is 5.32 Å². The van der Waals surface area contributed by atoms with Gasteiger partial charge in [-0.2, -0.15) is 0 Å². The van der Waals surface area contributed by atoms with Gasteiger partial charge in [-0.3, -0.25) is 4.79 Å². The molecule has 0 radical (unpaired) electrons. The second-order valence-corrected chi connectivity index (χ2v) is 5.89. The fourth-order valence-corrected chi connectivity index (χ4v) is 1.97. The normalized spacial score (nSPS) is 11.3. The molecule has 0 fully saturated rings. The van der Waals surface area contributed by atoms with Crippen LogP contribution in [0.3, 0.4) is 0 Å². The van der Waals surface area contributed by atoms with E-state index >= 15 is 0 Å². The topological polar surface area (TPSA) is 72.5 Å². The van der Waals surface area contributed by atoms with Crippen molar-refractivity contribution < 1.29 is 22.3 Å². The molecule has 0 spiro atoms. The summed E-state index contributed by atoms with van der Waals surface area (Å²) in [6.45, 7) is 0.452. The van der Waals surface area contributed by atoms with Gasteiger partial charge in [0.1, 0.15) is 5.82 Å². The first-order valence-electron chi connectivity index (χ1n) is 4.87. The fourth-order valence-electron chi connectivity index (χ4n) is 1.19. The summed E-state index contributed by atoms with van der Waals surface area (Å²) in [4.78, 5) is 11.2. The number of ether oxygens (including phenoxy) is 1. The Kier molecular flexibility index (Phi) is 5.06. The molecule has 0 heterocycles. The minimum absolute atomic E-state index is 0.187. The predicted molar refractivity (Wildman–Crippen MR) is 63.6 cm³/mol. The molecule has 100 valence electrons. The van der Waals surface area contributed by atoms with E-state index in [1.165, 1.54) is 7.11 Å². The average molecular weight is 296 g/mol. The van der Waals surface area contributed by atoms with Crippen LogP contribution in [-0.4, -0.2) is 34.6 Å². The lowest BCUT2D eigenvalue weighted by Crippen LogP contribution is -2.27. The van der Waals surface area contributed by atoms with Crippen LogP contribution in [0.25, 0.3) is 0 Å². The van der Waals surface area contributed by atoms with E-state index in [0.717, 1.165) is 18.2 Å². The van der Waals surface area contributed by atoms with Crippen molar-refractivity contribution in [1.82, 2.24) is 5.32 Å². The number of hydrogen-bond acceptors (Lipinski definition) is 4. The molecule has 0 aliphatic rings. The smallest absolute Gasteiger partial charge is 0.261 e. The van der Waals surface area contributed by atoms with Crippen molar-refractivity contribution in [2.75, 3.05) is 20.3 Å². The Morgan fingerprint density at radius 2 is 2.17 bits per heavy atom. The van der Waals surface area contributed by atoms with Gasteiger partial charge >= 0.3 is 0 Å². The molecule has 0 aliphatic carbocycles. The summed E-state index contributed by atoms with van der Waals surface area (Å²) in [5.41, 5.74) is -0.382. The molecule has 1 N–H and O–H groups in total. The van der Waals surface area contributed by atoms with Gasteiger partial charge in [0, 0.05) is 24.3 Å². The van der Waals surface area contributed by atoms with Gasteiger partial charge in [-0.15, -0.1) is 0 Å². The molecular weight excluding hydrogens is 285 g/mol. The molecular formula is C10H11ClFNO4S. The van der Waals surface area contributed by atoms with E-state index in [0.29, 0.717) is 0 Å². The number of carbonyl (C=O) groups is 1. The van der Waals surface area contributed by atoms with E-state index < -0.39 is 20.8 Å². The van der Waals surface area contributed by atoms with Gasteiger partial charge in [-0.1, -0.05) is 0 Å². The Hall–Kier alpha value is -1.18. The average Bonchev–Trinajstić information content (AvgIpc) is 2.28. The molecule has 0 bridgehead atoms. The third-order valence-corrected chi connectivity index (χ3v) is 3.41. The molecule has 0 unspecified atom stereocenters. The molecule has 5 nitrogen and oxygen atoms in total. The standard InChI is InChI=1S/C10H11ClFNO4S/c1-17-5-4-13-10(14)8-6-7(18(11,15)16)2-3-9(8)12/h2-3,6H,4-5H2,1H3,(H,13,14). The zero-order valence-electron chi connectivity index (χ0n) is 9.44. The number of methoxy groups -OCH3 is 1. The molecule has 18 heavy (non-hydrogen) atoms. The van der Waals surface area contributed by atoms with E-state index in [9.17, 15) is 17.6 Å². The second kappa shape index (κ2) is 6.12. The summed E-state index contributed by atoms with van der Waals surface area (Å²) < 4.78 is 40.2. The van der Waals surface area contributed by atoms with Crippen molar-refractivity contribution >= 4 is 25.6 Å². The maximum Gasteiger partial charge on any atom is 0.261 e. The lowest BCUT2D eigenvalue weighted by Gasteiger charge is -2.06. The van der Waals surface area contributed by atoms with Crippen molar-refractivity contribution in [2.24, 2.45) is 0 Å². The highest BCUT2D eigenvalue weighted by molar-refractivity contribution is 8.13. The predicted octanol–water partition coefficient (Wildman–Crippen LogP) is 1.13. The lowest BCUT2D eigenvalue weighted by atomic mass is 10.2. The van der Waals surface area contributed by atoms with Crippen LogP contribution in [0, 0.1) is 5.82 Å². The van der Waals surface area contributed by atoms with Crippen LogP contribution in [-0.2, 0) is 13.8 Å². The van der Waals surface area contributed by atoms with Crippen molar-refractivity contribution in [3.63, 3.8) is 0 Å². The molecule has 0 saturated heterocycles. The number of carbonyl (C=O) groups excluding carboxylic acids is 1. The SMILES string of the molecule is COCCNC(=O)c1cc(S(=O)(=O)Cl)ccc1F. The Bertz CT molecular complexity index is 547. The summed E-state index contributed by atoms with van der Waals surface area (Å²) in [6.07, 6.45) is 0. The summed E-state index contributed by atoms with van der Waals surface area (Å²) in [5.74, 6) is -1.55. The molecule has 1 amide bonds. The number of amides is 1. The molecule has 0 aromatic heterocycles. The summed E-state index contributed by atoms with van der Waals surface area (Å²) >= 11 is 0. The summed E-state index contributed by atoms with van der Waals surface area (Å²) in [5, 5.41) is 2.38. The Morgan fingerprint density at radius 3 is 2.72 bits per heavy atom. The van der Waals surface area contributed by atoms with E-state index in [2.05, 4.69) is 5.32 Å². The van der Waals surface area contributed by atoms with Gasteiger partial charge in [0.25, 0.3) is 15.0 Å². The Morgan fingerprint density at radius 1 is 1.50 bits per heavy atom. The summed E-state index contributed by atoms with van der Waals surface area (Å²) in [7, 11) is 2.56. The van der Waals surface area contributed by atoms with Gasteiger partial charge < -0.3 is 10.1 Å². The number of rotatable bonds is 5. The summed E-state index contributed by atoms with van der Waals surface area (Å²) in [6, 6.07) is 2.75. The van der Waals surface area contributed by atoms with Crippen molar-refractivity contribution in [3.05, 3.63) is 29.6 Å². The zero-order valence-corrected chi connectivity index (χ0v) is 11.0. The third kappa shape index (κ3) is 3.94. The van der Waals surface area contributed by atoms with Gasteiger partial charge in [-0.05, 0) is 18.2 Å². The molecule has 0 atom stereocenters. The first-order valence-corrected chi connectivity index (χ1v) is 7.18. The Labute approximate surface area is 108 Å². The van der Waals surface area contributed by atoms with Crippen LogP contribution >= 0.6 is 10.7 Å². The van der Waals surface area contributed by atoms with Gasteiger partial charge in [0.15, 0.2) is 0 Å². The largest absolute Gasteiger partial charge is 0.383 e. The molecule has 1 rings (SSSR count). The van der Waals surface area contributed by atoms with E-state index in [4.69, 9.17) is 15.4 Å². The molecule has 0 saturated carbocycles. The highest BCUT2D eigenvalue weighted by Gasteiger charge is 2.17. The maximum absolute atomic E-state index is 13.4. The van der Waals surface area contributed by atoms with Crippen molar-refractivity contribution in [3.8, 4) is 0 Å². The van der Waals surface area contributed by atoms with E-state index in [1.54, 1.807) is 0 Å². The minimum atomic E-state index is -4.00. The van der Waals surface area contributed by atoms with Crippen LogP contribution in [0.15, 0.2) is 23.1 Å². The van der Waals surface area contributed by atoms with E-state index in [1.807, 2.05) is 0 Å². The third-order valence-electron chi connectivity index (χ3n) is 2.06. The minimum Gasteiger partial charge on any atom is -0.383 e. The zero-order chi connectivity index (χ0) is 13.8. The van der Waals surface area contributed by atoms with E-state index in [-0.39, 0.29) is 23.6 Å². The Balaban J connectivity index is 2.97. The molecule has 8 heteroatoms. The second-order valence-electron chi connectivity index (χ2n) is 3.33. The van der Waals surface area contributed by atoms with Crippen LogP contribution in [0.4, 0.5) is 4.39 Å². The lowest BCUT2D eigenvalue weighted by molar-refractivity contribution is 0.0933. The highest BCUT2D eigenvalue weighted by atomic mass is 35.7. The first kappa shape index (κ1) is 14.9. The van der Waals surface area contributed by atoms with Crippen molar-refractivity contribution in [1.29, 1.82) is 0 Å². The van der Waals surface area contributed by atoms with Crippen LogP contribution in [0.1, 0.15) is 10.4 Å². The van der Waals surface area contributed by atoms with Gasteiger partial charge in [0.05, 0.1) is 17.1 Å². The molecule has 1 aromatic rings. The molecule has 0 aliphatic heterocycles. The van der Waals surface area contributed by atoms with Crippen LogP contribution in [0.5, 0.6) is 0 Å². The van der Waals surface area contributed by atoms with Crippen molar-refractivity contribution in [2.45, 2.75) is 4.90 Å². The monoisotopic (exact) mass is 295 g/mol. The number of halogens is 2. The first-order chi connectivity index (χ1) is 8.36. The quantitative estimate of drug-likeness (QED) is 0.653. The molecule has 1 aromatic carbocycles. The number of hydrogen-bond donors (Lipinski definition) is 1. The maximum atomic E-state index is 13.4. The highest BCUT2D eigenvalue weighted by Crippen LogP contribution is 2.18. The number of benzene rings is 1. The van der Waals surface area contributed by atoms with Gasteiger partial charge in [-0.25, -0.2) is 12.8 Å². The van der Waals surface area contributed by atoms with Gasteiger partial charge in [0.2, 0.25) is 0 Å². The number of nitrogens with one attached hydrogen (secondary N) is 1. The fraction of sp³-hybridized carbons (Fsp3) is 0.300.